The van der Waals surface area contributed by atoms with Crippen molar-refractivity contribution in [2.24, 2.45) is 0 Å². The van der Waals surface area contributed by atoms with E-state index >= 15 is 0 Å². The van der Waals surface area contributed by atoms with Crippen LogP contribution in [0.15, 0.2) is 42.5 Å². The van der Waals surface area contributed by atoms with Crippen molar-refractivity contribution in [1.29, 1.82) is 0 Å². The first kappa shape index (κ1) is 20.1. The molecule has 2 aromatic carbocycles. The van der Waals surface area contributed by atoms with Crippen molar-refractivity contribution in [3.63, 3.8) is 0 Å². The minimum atomic E-state index is -0.625. The van der Waals surface area contributed by atoms with Crippen LogP contribution < -0.4 is 10.1 Å². The van der Waals surface area contributed by atoms with Crippen LogP contribution in [-0.4, -0.2) is 31.2 Å². The molecule has 5 nitrogen and oxygen atoms in total. The molecule has 2 N–H and O–H groups in total. The number of benzene rings is 2. The number of ether oxygens (including phenoxy) is 2. The van der Waals surface area contributed by atoms with E-state index in [0.717, 1.165) is 52.7 Å². The third-order valence-electron chi connectivity index (χ3n) is 6.90. The largest absolute Gasteiger partial charge is 0.497 e. The number of carbonyl (C=O) groups is 1. The van der Waals surface area contributed by atoms with E-state index in [0.29, 0.717) is 26.1 Å². The summed E-state index contributed by atoms with van der Waals surface area (Å²) in [6.45, 7) is 1.11. The number of methoxy groups -OCH3 is 1. The van der Waals surface area contributed by atoms with E-state index in [1.807, 2.05) is 24.3 Å². The highest BCUT2D eigenvalue weighted by Gasteiger charge is 2.43. The van der Waals surface area contributed by atoms with Crippen LogP contribution in [0.3, 0.4) is 0 Å². The van der Waals surface area contributed by atoms with E-state index < -0.39 is 5.41 Å². The first-order valence-corrected chi connectivity index (χ1v) is 10.9. The fraction of sp³-hybridized carbons (Fsp3) is 0.400. The van der Waals surface area contributed by atoms with Gasteiger partial charge in [0, 0.05) is 29.8 Å². The molecule has 3 aromatic rings. The maximum Gasteiger partial charge on any atom is 0.231 e. The van der Waals surface area contributed by atoms with Crippen LogP contribution in [0.4, 0.5) is 4.39 Å². The molecule has 1 aliphatic heterocycles. The van der Waals surface area contributed by atoms with Gasteiger partial charge in [-0.3, -0.25) is 4.79 Å². The van der Waals surface area contributed by atoms with Crippen LogP contribution in [-0.2, 0) is 21.4 Å². The summed E-state index contributed by atoms with van der Waals surface area (Å²) in [4.78, 5) is 17.2. The highest BCUT2D eigenvalue weighted by molar-refractivity contribution is 5.90. The Morgan fingerprint density at radius 3 is 2.71 bits per heavy atom. The molecule has 1 saturated heterocycles. The second-order valence-electron chi connectivity index (χ2n) is 8.55. The lowest BCUT2D eigenvalue weighted by atomic mass is 9.73. The van der Waals surface area contributed by atoms with Crippen molar-refractivity contribution < 1.29 is 18.7 Å². The summed E-state index contributed by atoms with van der Waals surface area (Å²) in [5.41, 5.74) is 3.42. The molecule has 2 heterocycles. The Balaban J connectivity index is 1.47. The Bertz CT molecular complexity index is 1100. The molecule has 5 rings (SSSR count). The van der Waals surface area contributed by atoms with Crippen molar-refractivity contribution in [2.45, 2.75) is 43.6 Å². The lowest BCUT2D eigenvalue weighted by molar-refractivity contribution is -0.131. The van der Waals surface area contributed by atoms with Crippen LogP contribution in [0.1, 0.15) is 48.5 Å². The number of rotatable bonds is 4. The molecular weight excluding hydrogens is 395 g/mol. The Morgan fingerprint density at radius 2 is 1.97 bits per heavy atom. The number of aromatic amines is 1. The first-order chi connectivity index (χ1) is 15.1. The quantitative estimate of drug-likeness (QED) is 0.648. The Morgan fingerprint density at radius 1 is 1.19 bits per heavy atom. The van der Waals surface area contributed by atoms with Gasteiger partial charge in [0.15, 0.2) is 0 Å². The van der Waals surface area contributed by atoms with Gasteiger partial charge in [-0.05, 0) is 73.6 Å². The third-order valence-corrected chi connectivity index (χ3v) is 6.90. The highest BCUT2D eigenvalue weighted by atomic mass is 19.1. The second kappa shape index (κ2) is 8.00. The standard InChI is InChI=1S/C25H27FN2O3/c1-30-18-8-5-16(6-9-18)25(11-13-31-14-12-25)24(29)28-22-4-2-3-19-20-15-17(26)7-10-21(20)27-23(19)22/h5-10,15,22,27H,2-4,11-14H2,1H3,(H,28,29). The van der Waals surface area contributed by atoms with Gasteiger partial charge in [0.2, 0.25) is 5.91 Å². The van der Waals surface area contributed by atoms with Gasteiger partial charge in [0.1, 0.15) is 11.6 Å². The van der Waals surface area contributed by atoms with Gasteiger partial charge in [-0.1, -0.05) is 12.1 Å². The molecule has 2 aliphatic rings. The number of H-pyrrole nitrogens is 1. The van der Waals surface area contributed by atoms with Crippen molar-refractivity contribution in [2.75, 3.05) is 20.3 Å². The van der Waals surface area contributed by atoms with Gasteiger partial charge in [0.05, 0.1) is 18.6 Å². The zero-order chi connectivity index (χ0) is 21.4. The predicted molar refractivity (Wildman–Crippen MR) is 117 cm³/mol. The molecule has 0 radical (unpaired) electrons. The lowest BCUT2D eigenvalue weighted by Crippen LogP contribution is -2.49. The number of amides is 1. The van der Waals surface area contributed by atoms with Gasteiger partial charge in [-0.15, -0.1) is 0 Å². The molecule has 6 heteroatoms. The number of fused-ring (bicyclic) bond motifs is 3. The van der Waals surface area contributed by atoms with Crippen LogP contribution >= 0.6 is 0 Å². The number of hydrogen-bond donors (Lipinski definition) is 2. The van der Waals surface area contributed by atoms with Crippen LogP contribution in [0.2, 0.25) is 0 Å². The van der Waals surface area contributed by atoms with Crippen molar-refractivity contribution >= 4 is 16.8 Å². The van der Waals surface area contributed by atoms with E-state index in [1.165, 1.54) is 6.07 Å². The predicted octanol–water partition coefficient (Wildman–Crippen LogP) is 4.56. The van der Waals surface area contributed by atoms with E-state index in [4.69, 9.17) is 9.47 Å². The summed E-state index contributed by atoms with van der Waals surface area (Å²) < 4.78 is 24.7. The second-order valence-corrected chi connectivity index (χ2v) is 8.55. The average Bonchev–Trinajstić information content (AvgIpc) is 3.18. The number of hydrogen-bond acceptors (Lipinski definition) is 3. The number of nitrogens with one attached hydrogen (secondary N) is 2. The van der Waals surface area contributed by atoms with E-state index in [9.17, 15) is 9.18 Å². The maximum absolute atomic E-state index is 13.8. The Labute approximate surface area is 180 Å². The lowest BCUT2D eigenvalue weighted by Gasteiger charge is -2.38. The van der Waals surface area contributed by atoms with Crippen molar-refractivity contribution in [3.05, 3.63) is 65.1 Å². The first-order valence-electron chi connectivity index (χ1n) is 10.9. The smallest absolute Gasteiger partial charge is 0.231 e. The third kappa shape index (κ3) is 3.49. The summed E-state index contributed by atoms with van der Waals surface area (Å²) in [6.07, 6.45) is 4.00. The molecule has 0 saturated carbocycles. The number of carbonyl (C=O) groups excluding carboxylic acids is 1. The summed E-state index contributed by atoms with van der Waals surface area (Å²) in [5, 5.41) is 4.26. The van der Waals surface area contributed by atoms with Gasteiger partial charge in [-0.2, -0.15) is 0 Å². The van der Waals surface area contributed by atoms with E-state index in [-0.39, 0.29) is 17.8 Å². The summed E-state index contributed by atoms with van der Waals surface area (Å²) in [5.74, 6) is 0.568. The highest BCUT2D eigenvalue weighted by Crippen LogP contribution is 2.39. The van der Waals surface area contributed by atoms with Gasteiger partial charge >= 0.3 is 0 Å². The minimum Gasteiger partial charge on any atom is -0.497 e. The molecule has 1 amide bonds. The molecular formula is C25H27FN2O3. The molecule has 0 spiro atoms. The van der Waals surface area contributed by atoms with Gasteiger partial charge in [0.25, 0.3) is 0 Å². The molecule has 1 fully saturated rings. The Hall–Kier alpha value is -2.86. The summed E-state index contributed by atoms with van der Waals surface area (Å²) >= 11 is 0. The van der Waals surface area contributed by atoms with Crippen LogP contribution in [0.25, 0.3) is 10.9 Å². The van der Waals surface area contributed by atoms with Crippen molar-refractivity contribution in [1.82, 2.24) is 10.3 Å². The number of halogens is 1. The van der Waals surface area contributed by atoms with Crippen molar-refractivity contribution in [3.8, 4) is 5.75 Å². The zero-order valence-electron chi connectivity index (χ0n) is 17.7. The summed E-state index contributed by atoms with van der Waals surface area (Å²) in [6, 6.07) is 12.5. The normalized spacial score (nSPS) is 20.3. The minimum absolute atomic E-state index is 0.0312. The monoisotopic (exact) mass is 422 g/mol. The van der Waals surface area contributed by atoms with Gasteiger partial charge < -0.3 is 19.8 Å². The van der Waals surface area contributed by atoms with E-state index in [2.05, 4.69) is 10.3 Å². The molecule has 31 heavy (non-hydrogen) atoms. The number of aromatic nitrogens is 1. The maximum atomic E-state index is 13.8. The molecule has 1 aromatic heterocycles. The zero-order valence-corrected chi connectivity index (χ0v) is 17.7. The fourth-order valence-electron chi connectivity index (χ4n) is 5.15. The molecule has 162 valence electrons. The van der Waals surface area contributed by atoms with Crippen LogP contribution in [0.5, 0.6) is 5.75 Å². The van der Waals surface area contributed by atoms with E-state index in [1.54, 1.807) is 19.2 Å². The molecule has 1 atom stereocenters. The topological polar surface area (TPSA) is 63.3 Å². The SMILES string of the molecule is COc1ccc(C2(C(=O)NC3CCCc4c3[nH]c3ccc(F)cc43)CCOCC2)cc1. The van der Waals surface area contributed by atoms with Crippen LogP contribution in [0, 0.1) is 5.82 Å². The summed E-state index contributed by atoms with van der Waals surface area (Å²) in [7, 11) is 1.64. The average molecular weight is 423 g/mol. The molecule has 1 aliphatic carbocycles. The Kier molecular flexibility index (Phi) is 5.18. The van der Waals surface area contributed by atoms with Gasteiger partial charge in [-0.25, -0.2) is 4.39 Å². The number of aryl methyl sites for hydroxylation is 1. The molecule has 1 unspecified atom stereocenters. The molecule has 0 bridgehead atoms. The fourth-order valence-corrected chi connectivity index (χ4v) is 5.15.